The first-order valence-corrected chi connectivity index (χ1v) is 13.7. The summed E-state index contributed by atoms with van der Waals surface area (Å²) in [6.45, 7) is 9.34. The van der Waals surface area contributed by atoms with Crippen molar-refractivity contribution in [1.82, 2.24) is 20.0 Å². The second kappa shape index (κ2) is 10.7. The van der Waals surface area contributed by atoms with Gasteiger partial charge in [-0.15, -0.1) is 0 Å². The topological polar surface area (TPSA) is 93.1 Å². The number of ether oxygens (including phenoxy) is 3. The van der Waals surface area contributed by atoms with E-state index in [0.29, 0.717) is 45.2 Å². The van der Waals surface area contributed by atoms with Gasteiger partial charge in [0.1, 0.15) is 24.5 Å². The average molecular weight is 543 g/mol. The van der Waals surface area contributed by atoms with Gasteiger partial charge in [-0.1, -0.05) is 30.3 Å². The number of nitrogens with zero attached hydrogens (tertiary/aromatic N) is 3. The third kappa shape index (κ3) is 5.42. The van der Waals surface area contributed by atoms with E-state index in [1.807, 2.05) is 51.2 Å². The highest BCUT2D eigenvalue weighted by Crippen LogP contribution is 2.38. The van der Waals surface area contributed by atoms with Crippen LogP contribution < -0.4 is 9.47 Å². The number of hydrogen-bond donors (Lipinski definition) is 1. The van der Waals surface area contributed by atoms with Crippen LogP contribution >= 0.6 is 0 Å². The highest BCUT2D eigenvalue weighted by molar-refractivity contribution is 5.69. The Balaban J connectivity index is 1.29. The molecule has 9 heteroatoms. The van der Waals surface area contributed by atoms with Gasteiger partial charge in [0.2, 0.25) is 0 Å². The molecule has 1 amide bonds. The van der Waals surface area contributed by atoms with Crippen LogP contribution in [0.5, 0.6) is 11.5 Å². The molecule has 40 heavy (non-hydrogen) atoms. The van der Waals surface area contributed by atoms with Gasteiger partial charge >= 0.3 is 6.09 Å². The van der Waals surface area contributed by atoms with Crippen LogP contribution in [-0.2, 0) is 4.74 Å². The molecule has 0 spiro atoms. The number of carbonyl (C=O) groups excluding carboxylic acids is 1. The van der Waals surface area contributed by atoms with Crippen molar-refractivity contribution in [3.8, 4) is 34.1 Å². The Morgan fingerprint density at radius 3 is 2.38 bits per heavy atom. The Morgan fingerprint density at radius 1 is 0.950 bits per heavy atom. The van der Waals surface area contributed by atoms with Gasteiger partial charge < -0.3 is 23.5 Å². The van der Waals surface area contributed by atoms with Gasteiger partial charge in [0.25, 0.3) is 0 Å². The number of amides is 1. The molecular weight excluding hydrogens is 508 g/mol. The molecule has 2 aromatic carbocycles. The third-order valence-corrected chi connectivity index (χ3v) is 7.15. The molecule has 6 rings (SSSR count). The smallest absolute Gasteiger partial charge is 0.410 e. The molecule has 0 bridgehead atoms. The zero-order valence-electron chi connectivity index (χ0n) is 23.1. The normalized spacial score (nSPS) is 16.5. The number of carbonyl (C=O) groups is 1. The minimum Gasteiger partial charge on any atom is -0.486 e. The summed E-state index contributed by atoms with van der Waals surface area (Å²) in [5, 5.41) is 7.58. The molecule has 1 saturated heterocycles. The van der Waals surface area contributed by atoms with Crippen LogP contribution in [0.3, 0.4) is 0 Å². The molecule has 2 aliphatic rings. The van der Waals surface area contributed by atoms with Crippen molar-refractivity contribution < 1.29 is 23.4 Å². The number of H-pyrrole nitrogens is 1. The van der Waals surface area contributed by atoms with Crippen molar-refractivity contribution >= 4 is 6.09 Å². The summed E-state index contributed by atoms with van der Waals surface area (Å²) in [6, 6.07) is 18.3. The Morgan fingerprint density at radius 2 is 1.68 bits per heavy atom. The van der Waals surface area contributed by atoms with Crippen LogP contribution in [0.1, 0.15) is 37.9 Å². The number of furan rings is 1. The first kappa shape index (κ1) is 26.0. The van der Waals surface area contributed by atoms with Crippen molar-refractivity contribution in [3.63, 3.8) is 0 Å². The number of piperazine rings is 1. The van der Waals surface area contributed by atoms with E-state index in [9.17, 15) is 4.79 Å². The first-order valence-electron chi connectivity index (χ1n) is 13.7. The van der Waals surface area contributed by atoms with E-state index in [4.69, 9.17) is 18.6 Å². The minimum atomic E-state index is -0.523. The van der Waals surface area contributed by atoms with Crippen LogP contribution in [0.15, 0.2) is 71.5 Å². The van der Waals surface area contributed by atoms with Gasteiger partial charge in [-0.2, -0.15) is 5.10 Å². The van der Waals surface area contributed by atoms with Gasteiger partial charge in [0.05, 0.1) is 12.3 Å². The van der Waals surface area contributed by atoms with E-state index < -0.39 is 5.60 Å². The van der Waals surface area contributed by atoms with E-state index in [0.717, 1.165) is 39.4 Å². The fourth-order valence-electron chi connectivity index (χ4n) is 5.28. The summed E-state index contributed by atoms with van der Waals surface area (Å²) in [6.07, 6.45) is 3.33. The molecule has 1 fully saturated rings. The van der Waals surface area contributed by atoms with Crippen LogP contribution in [-0.4, -0.2) is 71.1 Å². The molecule has 4 aromatic rings. The zero-order chi connectivity index (χ0) is 27.7. The lowest BCUT2D eigenvalue weighted by molar-refractivity contribution is 0.0119. The second-order valence-electron chi connectivity index (χ2n) is 11.1. The Labute approximate surface area is 233 Å². The summed E-state index contributed by atoms with van der Waals surface area (Å²) in [5.74, 6) is 2.26. The molecule has 1 N–H and O–H groups in total. The standard InChI is InChI=1S/C31H34N4O5/c1-31(2,3)40-30(36)35-14-12-34(13-15-35)29(24-20-32-33-28(24)26-5-4-16-37-26)22-8-6-21(7-9-22)23-10-11-25-27(19-23)39-18-17-38-25/h4-11,16,19-20,29H,12-15,17-18H2,1-3H3,(H,32,33). The van der Waals surface area contributed by atoms with Crippen LogP contribution in [0, 0.1) is 0 Å². The maximum atomic E-state index is 12.7. The fourth-order valence-corrected chi connectivity index (χ4v) is 5.28. The Kier molecular flexibility index (Phi) is 6.98. The molecule has 2 aliphatic heterocycles. The van der Waals surface area contributed by atoms with Gasteiger partial charge in [-0.3, -0.25) is 10.00 Å². The summed E-state index contributed by atoms with van der Waals surface area (Å²) >= 11 is 0. The van der Waals surface area contributed by atoms with Gasteiger partial charge in [-0.05, 0) is 61.7 Å². The van der Waals surface area contributed by atoms with Crippen molar-refractivity contribution in [2.45, 2.75) is 32.4 Å². The maximum Gasteiger partial charge on any atom is 0.410 e. The van der Waals surface area contributed by atoms with Crippen LogP contribution in [0.2, 0.25) is 0 Å². The van der Waals surface area contributed by atoms with Gasteiger partial charge in [0, 0.05) is 37.9 Å². The lowest BCUT2D eigenvalue weighted by atomic mass is 9.94. The lowest BCUT2D eigenvalue weighted by Crippen LogP contribution is -2.51. The predicted octanol–water partition coefficient (Wildman–Crippen LogP) is 5.75. The van der Waals surface area contributed by atoms with Crippen LogP contribution in [0.25, 0.3) is 22.6 Å². The number of fused-ring (bicyclic) bond motifs is 1. The lowest BCUT2D eigenvalue weighted by Gasteiger charge is -2.39. The summed E-state index contributed by atoms with van der Waals surface area (Å²) in [5.41, 5.74) is 4.56. The Hall–Kier alpha value is -4.24. The molecule has 0 radical (unpaired) electrons. The molecule has 4 heterocycles. The zero-order valence-corrected chi connectivity index (χ0v) is 23.1. The number of aromatic nitrogens is 2. The summed E-state index contributed by atoms with van der Waals surface area (Å²) in [4.78, 5) is 16.9. The monoisotopic (exact) mass is 542 g/mol. The predicted molar refractivity (Wildman–Crippen MR) is 150 cm³/mol. The SMILES string of the molecule is CC(C)(C)OC(=O)N1CCN(C(c2ccc(-c3ccc4c(c3)OCCO4)cc2)c2c[nH]nc2-c2ccco2)CC1. The number of benzene rings is 2. The van der Waals surface area contributed by atoms with E-state index in [1.54, 1.807) is 11.2 Å². The van der Waals surface area contributed by atoms with Gasteiger partial charge in [-0.25, -0.2) is 4.79 Å². The van der Waals surface area contributed by atoms with Crippen molar-refractivity contribution in [2.75, 3.05) is 39.4 Å². The van der Waals surface area contributed by atoms with Crippen molar-refractivity contribution in [2.24, 2.45) is 0 Å². The summed E-state index contributed by atoms with van der Waals surface area (Å²) < 4.78 is 22.8. The van der Waals surface area contributed by atoms with E-state index in [1.165, 1.54) is 0 Å². The van der Waals surface area contributed by atoms with E-state index in [-0.39, 0.29) is 12.1 Å². The third-order valence-electron chi connectivity index (χ3n) is 7.15. The first-order chi connectivity index (χ1) is 19.4. The summed E-state index contributed by atoms with van der Waals surface area (Å²) in [7, 11) is 0. The molecule has 1 unspecified atom stereocenters. The Bertz CT molecular complexity index is 1450. The van der Waals surface area contributed by atoms with E-state index in [2.05, 4.69) is 45.4 Å². The molecule has 1 atom stereocenters. The quantitative estimate of drug-likeness (QED) is 0.343. The molecule has 0 aliphatic carbocycles. The number of aromatic amines is 1. The number of nitrogens with one attached hydrogen (secondary N) is 1. The average Bonchev–Trinajstić information content (AvgIpc) is 3.65. The molecular formula is C31H34N4O5. The molecule has 2 aromatic heterocycles. The van der Waals surface area contributed by atoms with Crippen molar-refractivity contribution in [1.29, 1.82) is 0 Å². The van der Waals surface area contributed by atoms with E-state index >= 15 is 0 Å². The van der Waals surface area contributed by atoms with Crippen LogP contribution in [0.4, 0.5) is 4.79 Å². The fraction of sp³-hybridized carbons (Fsp3) is 0.355. The van der Waals surface area contributed by atoms with Gasteiger partial charge in [0.15, 0.2) is 17.3 Å². The minimum absolute atomic E-state index is 0.0889. The highest BCUT2D eigenvalue weighted by Gasteiger charge is 2.32. The number of hydrogen-bond acceptors (Lipinski definition) is 7. The maximum absolute atomic E-state index is 12.7. The number of rotatable bonds is 5. The molecule has 0 saturated carbocycles. The van der Waals surface area contributed by atoms with Crippen molar-refractivity contribution in [3.05, 3.63) is 78.2 Å². The second-order valence-corrected chi connectivity index (χ2v) is 11.1. The largest absolute Gasteiger partial charge is 0.486 e. The highest BCUT2D eigenvalue weighted by atomic mass is 16.6. The molecule has 9 nitrogen and oxygen atoms in total. The molecule has 208 valence electrons.